The number of hydrogen-bond donors (Lipinski definition) is 1. The summed E-state index contributed by atoms with van der Waals surface area (Å²) in [7, 11) is 0. The van der Waals surface area contributed by atoms with Gasteiger partial charge in [0.05, 0.1) is 11.7 Å². The van der Waals surface area contributed by atoms with Crippen LogP contribution >= 0.6 is 0 Å². The van der Waals surface area contributed by atoms with Gasteiger partial charge < -0.3 is 9.88 Å². The minimum Gasteiger partial charge on any atom is -0.322 e. The summed E-state index contributed by atoms with van der Waals surface area (Å²) in [6.07, 6.45) is 3.69. The third kappa shape index (κ3) is 2.78. The third-order valence-corrected chi connectivity index (χ3v) is 3.29. The average molecular weight is 260 g/mol. The Balaban J connectivity index is 2.53. The minimum absolute atomic E-state index is 0.0198. The molecule has 4 nitrogen and oxygen atoms in total. The first-order chi connectivity index (χ1) is 8.95. The molecule has 1 atom stereocenters. The number of aromatic nitrogens is 3. The zero-order valence-electron chi connectivity index (χ0n) is 12.6. The summed E-state index contributed by atoms with van der Waals surface area (Å²) < 4.78 is 2.34. The smallest absolute Gasteiger partial charge is 0.114 e. The highest BCUT2D eigenvalue weighted by atomic mass is 15.1. The summed E-state index contributed by atoms with van der Waals surface area (Å²) in [6.45, 7) is 12.9. The first-order valence-corrected chi connectivity index (χ1v) is 6.98. The van der Waals surface area contributed by atoms with Crippen molar-refractivity contribution in [3.63, 3.8) is 0 Å². The van der Waals surface area contributed by atoms with Gasteiger partial charge in [0.25, 0.3) is 0 Å². The zero-order chi connectivity index (χ0) is 14.0. The summed E-state index contributed by atoms with van der Waals surface area (Å²) in [5, 5.41) is 3.40. The van der Waals surface area contributed by atoms with Crippen LogP contribution in [0.3, 0.4) is 0 Å². The van der Waals surface area contributed by atoms with Gasteiger partial charge in [-0.2, -0.15) is 0 Å². The standard InChI is InChI=1S/C15H24N4/c1-6-16-9-11(2)14-18-12-10-17-8-7-13(12)19(14)15(3,4)5/h7-8,10-11,16H,6,9H2,1-5H3. The SMILES string of the molecule is CCNCC(C)c1nc2cnccc2n1C(C)(C)C. The molecule has 1 N–H and O–H groups in total. The molecule has 0 aromatic carbocycles. The van der Waals surface area contributed by atoms with Crippen molar-refractivity contribution in [3.05, 3.63) is 24.3 Å². The molecule has 0 aliphatic heterocycles. The van der Waals surface area contributed by atoms with Crippen LogP contribution in [-0.4, -0.2) is 27.6 Å². The van der Waals surface area contributed by atoms with Crippen LogP contribution in [0.5, 0.6) is 0 Å². The Morgan fingerprint density at radius 2 is 2.11 bits per heavy atom. The van der Waals surface area contributed by atoms with E-state index in [1.54, 1.807) is 0 Å². The van der Waals surface area contributed by atoms with Gasteiger partial charge in [-0.05, 0) is 33.4 Å². The van der Waals surface area contributed by atoms with Crippen LogP contribution in [0.15, 0.2) is 18.5 Å². The van der Waals surface area contributed by atoms with Gasteiger partial charge in [0.2, 0.25) is 0 Å². The van der Waals surface area contributed by atoms with E-state index in [1.165, 1.54) is 5.52 Å². The topological polar surface area (TPSA) is 42.7 Å². The number of nitrogens with one attached hydrogen (secondary N) is 1. The normalized spacial score (nSPS) is 13.9. The minimum atomic E-state index is 0.0198. The van der Waals surface area contributed by atoms with E-state index >= 15 is 0 Å². The van der Waals surface area contributed by atoms with Crippen molar-refractivity contribution in [2.75, 3.05) is 13.1 Å². The Labute approximate surface area is 115 Å². The molecular formula is C15H24N4. The van der Waals surface area contributed by atoms with E-state index < -0.39 is 0 Å². The largest absolute Gasteiger partial charge is 0.322 e. The van der Waals surface area contributed by atoms with Crippen LogP contribution in [-0.2, 0) is 5.54 Å². The van der Waals surface area contributed by atoms with Gasteiger partial charge in [-0.15, -0.1) is 0 Å². The van der Waals surface area contributed by atoms with E-state index in [4.69, 9.17) is 4.98 Å². The van der Waals surface area contributed by atoms with E-state index in [2.05, 4.69) is 55.6 Å². The van der Waals surface area contributed by atoms with Crippen molar-refractivity contribution in [2.24, 2.45) is 0 Å². The second-order valence-corrected chi connectivity index (χ2v) is 6.05. The Bertz CT molecular complexity index is 551. The number of nitrogens with zero attached hydrogens (tertiary/aromatic N) is 3. The Hall–Kier alpha value is -1.42. The summed E-state index contributed by atoms with van der Waals surface area (Å²) >= 11 is 0. The summed E-state index contributed by atoms with van der Waals surface area (Å²) in [4.78, 5) is 8.97. The number of likely N-dealkylation sites (N-methyl/N-ethyl adjacent to an activating group) is 1. The first-order valence-electron chi connectivity index (χ1n) is 6.98. The van der Waals surface area contributed by atoms with Crippen molar-refractivity contribution in [2.45, 2.75) is 46.1 Å². The zero-order valence-corrected chi connectivity index (χ0v) is 12.6. The third-order valence-electron chi connectivity index (χ3n) is 3.29. The fraction of sp³-hybridized carbons (Fsp3) is 0.600. The van der Waals surface area contributed by atoms with Gasteiger partial charge in [-0.3, -0.25) is 4.98 Å². The fourth-order valence-corrected chi connectivity index (χ4v) is 2.44. The van der Waals surface area contributed by atoms with E-state index in [0.717, 1.165) is 24.4 Å². The van der Waals surface area contributed by atoms with E-state index in [9.17, 15) is 0 Å². The summed E-state index contributed by atoms with van der Waals surface area (Å²) in [5.74, 6) is 1.52. The molecule has 0 bridgehead atoms. The van der Waals surface area contributed by atoms with E-state index in [-0.39, 0.29) is 5.54 Å². The maximum absolute atomic E-state index is 4.79. The molecule has 1 unspecified atom stereocenters. The van der Waals surface area contributed by atoms with Crippen LogP contribution in [0.2, 0.25) is 0 Å². The van der Waals surface area contributed by atoms with E-state index in [1.807, 2.05) is 12.4 Å². The first kappa shape index (κ1) is 14.0. The highest BCUT2D eigenvalue weighted by Gasteiger charge is 2.24. The van der Waals surface area contributed by atoms with Crippen LogP contribution < -0.4 is 5.32 Å². The lowest BCUT2D eigenvalue weighted by Crippen LogP contribution is -2.28. The molecule has 0 amide bonds. The van der Waals surface area contributed by atoms with Gasteiger partial charge >= 0.3 is 0 Å². The van der Waals surface area contributed by atoms with Gasteiger partial charge in [0.15, 0.2) is 0 Å². The molecular weight excluding hydrogens is 236 g/mol. The van der Waals surface area contributed by atoms with Crippen molar-refractivity contribution >= 4 is 11.0 Å². The van der Waals surface area contributed by atoms with Gasteiger partial charge in [-0.1, -0.05) is 13.8 Å². The lowest BCUT2D eigenvalue weighted by atomic mass is 10.1. The molecule has 2 aromatic heterocycles. The lowest BCUT2D eigenvalue weighted by Gasteiger charge is -2.26. The monoisotopic (exact) mass is 260 g/mol. The maximum Gasteiger partial charge on any atom is 0.114 e. The Kier molecular flexibility index (Phi) is 3.90. The number of pyridine rings is 1. The molecule has 2 rings (SSSR count). The maximum atomic E-state index is 4.79. The molecule has 0 saturated heterocycles. The quantitative estimate of drug-likeness (QED) is 0.919. The highest BCUT2D eigenvalue weighted by Crippen LogP contribution is 2.28. The average Bonchev–Trinajstić information content (AvgIpc) is 2.74. The van der Waals surface area contributed by atoms with E-state index in [0.29, 0.717) is 5.92 Å². The molecule has 0 saturated carbocycles. The Morgan fingerprint density at radius 3 is 2.74 bits per heavy atom. The molecule has 2 heterocycles. The van der Waals surface area contributed by atoms with Gasteiger partial charge in [0, 0.05) is 24.2 Å². The molecule has 0 aliphatic carbocycles. The van der Waals surface area contributed by atoms with Crippen LogP contribution in [0.4, 0.5) is 0 Å². The fourth-order valence-electron chi connectivity index (χ4n) is 2.44. The van der Waals surface area contributed by atoms with Crippen LogP contribution in [0, 0.1) is 0 Å². The number of fused-ring (bicyclic) bond motifs is 1. The van der Waals surface area contributed by atoms with Crippen molar-refractivity contribution in [1.29, 1.82) is 0 Å². The molecule has 0 radical (unpaired) electrons. The molecule has 0 spiro atoms. The number of rotatable bonds is 4. The summed E-state index contributed by atoms with van der Waals surface area (Å²) in [6, 6.07) is 2.05. The number of hydrogen-bond acceptors (Lipinski definition) is 3. The molecule has 0 fully saturated rings. The molecule has 0 aliphatic rings. The lowest BCUT2D eigenvalue weighted by molar-refractivity contribution is 0.383. The molecule has 4 heteroatoms. The van der Waals surface area contributed by atoms with Crippen molar-refractivity contribution in [1.82, 2.24) is 19.9 Å². The van der Waals surface area contributed by atoms with Crippen LogP contribution in [0.1, 0.15) is 46.4 Å². The number of imidazole rings is 1. The molecule has 2 aromatic rings. The Morgan fingerprint density at radius 1 is 1.37 bits per heavy atom. The second kappa shape index (κ2) is 5.29. The predicted molar refractivity (Wildman–Crippen MR) is 79.5 cm³/mol. The van der Waals surface area contributed by atoms with Gasteiger partial charge in [-0.25, -0.2) is 4.98 Å². The highest BCUT2D eigenvalue weighted by molar-refractivity contribution is 5.75. The summed E-state index contributed by atoms with van der Waals surface area (Å²) in [5.41, 5.74) is 2.17. The molecule has 104 valence electrons. The van der Waals surface area contributed by atoms with Crippen LogP contribution in [0.25, 0.3) is 11.0 Å². The van der Waals surface area contributed by atoms with Crippen molar-refractivity contribution < 1.29 is 0 Å². The van der Waals surface area contributed by atoms with Gasteiger partial charge in [0.1, 0.15) is 11.3 Å². The predicted octanol–water partition coefficient (Wildman–Crippen LogP) is 2.90. The second-order valence-electron chi connectivity index (χ2n) is 6.05. The van der Waals surface area contributed by atoms with Crippen molar-refractivity contribution in [3.8, 4) is 0 Å². The molecule has 19 heavy (non-hydrogen) atoms.